The number of hydrogen-bond acceptors (Lipinski definition) is 5. The average Bonchev–Trinajstić information content (AvgIpc) is 2.96. The number of benzene rings is 3. The van der Waals surface area contributed by atoms with Crippen LogP contribution in [-0.4, -0.2) is 41.6 Å². The number of carbonyl (C=O) groups excluding carboxylic acids is 2. The number of aryl methyl sites for hydroxylation is 1. The van der Waals surface area contributed by atoms with E-state index in [1.807, 2.05) is 63.2 Å². The number of halogens is 3. The summed E-state index contributed by atoms with van der Waals surface area (Å²) in [7, 11) is 0. The predicted molar refractivity (Wildman–Crippen MR) is 178 cm³/mol. The van der Waals surface area contributed by atoms with Crippen LogP contribution >= 0.6 is 0 Å². The summed E-state index contributed by atoms with van der Waals surface area (Å²) in [6.45, 7) is 16.9. The van der Waals surface area contributed by atoms with Crippen LogP contribution in [0.4, 0.5) is 22.8 Å². The first-order valence-corrected chi connectivity index (χ1v) is 15.9. The van der Waals surface area contributed by atoms with Crippen molar-refractivity contribution in [3.63, 3.8) is 0 Å². The van der Waals surface area contributed by atoms with Crippen LogP contribution < -0.4 is 5.32 Å². The third-order valence-electron chi connectivity index (χ3n) is 7.47. The molecule has 0 heterocycles. The number of nitrogens with one attached hydrogen (secondary N) is 1. The molecule has 3 rings (SSSR count). The van der Waals surface area contributed by atoms with Gasteiger partial charge in [0.15, 0.2) is 0 Å². The fourth-order valence-electron chi connectivity index (χ4n) is 5.30. The maximum absolute atomic E-state index is 13.8. The molecule has 0 bridgehead atoms. The number of alkyl halides is 3. The van der Waals surface area contributed by atoms with E-state index in [0.717, 1.165) is 28.5 Å². The lowest BCUT2D eigenvalue weighted by Gasteiger charge is -2.32. The molecule has 0 aliphatic rings. The summed E-state index contributed by atoms with van der Waals surface area (Å²) in [6, 6.07) is 17.9. The van der Waals surface area contributed by atoms with Gasteiger partial charge in [0.2, 0.25) is 6.29 Å². The molecule has 0 aromatic heterocycles. The van der Waals surface area contributed by atoms with Crippen molar-refractivity contribution in [2.75, 3.05) is 6.54 Å². The highest BCUT2D eigenvalue weighted by molar-refractivity contribution is 5.86. The summed E-state index contributed by atoms with van der Waals surface area (Å²) in [4.78, 5) is 27.8. The molecule has 2 amide bonds. The van der Waals surface area contributed by atoms with Gasteiger partial charge in [-0.25, -0.2) is 9.59 Å². The average molecular weight is 657 g/mol. The standard InChI is InChI=1S/C37H47F3N2O5/c1-24(2)22-33(41-34(43)47-36(6,7)8)26(4)45-27(5)46-35(44)42(21-13-15-28-14-11-18-30(23-28)37(38,39)40)25(3)31-20-12-17-29-16-9-10-19-32(29)31/h9-12,14,16-20,23-25,27,33H,4,13,15,21-22H2,1-3,5-8H3,(H,41,43)/t25-,27?,33?/m1/s1. The Kier molecular flexibility index (Phi) is 12.7. The lowest BCUT2D eigenvalue weighted by molar-refractivity contribution is -0.137. The monoisotopic (exact) mass is 656 g/mol. The van der Waals surface area contributed by atoms with E-state index in [2.05, 4.69) is 11.9 Å². The van der Waals surface area contributed by atoms with Gasteiger partial charge in [-0.3, -0.25) is 0 Å². The first-order valence-electron chi connectivity index (χ1n) is 15.9. The highest BCUT2D eigenvalue weighted by atomic mass is 19.4. The number of alkyl carbamates (subject to hydrolysis) is 1. The molecule has 256 valence electrons. The zero-order chi connectivity index (χ0) is 34.9. The van der Waals surface area contributed by atoms with Crippen molar-refractivity contribution in [3.05, 3.63) is 95.8 Å². The molecule has 3 aromatic carbocycles. The number of rotatable bonds is 13. The van der Waals surface area contributed by atoms with Gasteiger partial charge in [0.25, 0.3) is 0 Å². The number of carbonyl (C=O) groups is 2. The Hall–Kier alpha value is -4.21. The minimum absolute atomic E-state index is 0.182. The molecule has 2 unspecified atom stereocenters. The molecule has 0 spiro atoms. The van der Waals surface area contributed by atoms with Crippen LogP contribution in [0.2, 0.25) is 0 Å². The molecule has 7 nitrogen and oxygen atoms in total. The van der Waals surface area contributed by atoms with Crippen molar-refractivity contribution < 1.29 is 37.0 Å². The van der Waals surface area contributed by atoms with Crippen LogP contribution in [0.1, 0.15) is 84.0 Å². The van der Waals surface area contributed by atoms with Gasteiger partial charge >= 0.3 is 18.4 Å². The molecule has 3 aromatic rings. The van der Waals surface area contributed by atoms with E-state index in [1.165, 1.54) is 6.07 Å². The molecule has 47 heavy (non-hydrogen) atoms. The molecule has 10 heteroatoms. The number of hydrogen-bond donors (Lipinski definition) is 1. The fraction of sp³-hybridized carbons (Fsp3) is 0.459. The second kappa shape index (κ2) is 16.1. The lowest BCUT2D eigenvalue weighted by atomic mass is 9.98. The van der Waals surface area contributed by atoms with Gasteiger partial charge in [0, 0.05) is 13.5 Å². The lowest BCUT2D eigenvalue weighted by Crippen LogP contribution is -2.42. The van der Waals surface area contributed by atoms with Crippen LogP contribution in [-0.2, 0) is 26.8 Å². The second-order valence-corrected chi connectivity index (χ2v) is 13.1. The zero-order valence-corrected chi connectivity index (χ0v) is 28.3. The summed E-state index contributed by atoms with van der Waals surface area (Å²) in [5.41, 5.74) is 0.0184. The van der Waals surface area contributed by atoms with Crippen molar-refractivity contribution in [2.45, 2.75) is 97.9 Å². The Morgan fingerprint density at radius 1 is 0.915 bits per heavy atom. The maximum Gasteiger partial charge on any atom is 0.416 e. The van der Waals surface area contributed by atoms with Gasteiger partial charge in [-0.2, -0.15) is 13.2 Å². The van der Waals surface area contributed by atoms with E-state index in [0.29, 0.717) is 24.8 Å². The molecule has 0 aliphatic heterocycles. The minimum atomic E-state index is -4.44. The summed E-state index contributed by atoms with van der Waals surface area (Å²) < 4.78 is 56.9. The normalized spacial score (nSPS) is 13.9. The maximum atomic E-state index is 13.8. The Bertz CT molecular complexity index is 1510. The van der Waals surface area contributed by atoms with Crippen LogP contribution in [0.25, 0.3) is 10.8 Å². The van der Waals surface area contributed by atoms with Gasteiger partial charge in [-0.1, -0.05) is 81.1 Å². The minimum Gasteiger partial charge on any atom is -0.458 e. The number of fused-ring (bicyclic) bond motifs is 1. The third-order valence-corrected chi connectivity index (χ3v) is 7.47. The molecular weight excluding hydrogens is 609 g/mol. The van der Waals surface area contributed by atoms with Crippen molar-refractivity contribution in [3.8, 4) is 0 Å². The van der Waals surface area contributed by atoms with E-state index in [4.69, 9.17) is 14.2 Å². The Morgan fingerprint density at radius 2 is 1.57 bits per heavy atom. The Morgan fingerprint density at radius 3 is 2.23 bits per heavy atom. The first kappa shape index (κ1) is 37.2. The van der Waals surface area contributed by atoms with Gasteiger partial charge in [-0.05, 0) is 80.8 Å². The van der Waals surface area contributed by atoms with Gasteiger partial charge < -0.3 is 24.4 Å². The SMILES string of the molecule is C=C(OC(C)OC(=O)N(CCCc1cccc(C(F)(F)F)c1)[C@H](C)c1cccc2ccccc12)C(CC(C)C)NC(=O)OC(C)(C)C. The Balaban J connectivity index is 1.78. The quantitative estimate of drug-likeness (QED) is 0.146. The first-order chi connectivity index (χ1) is 21.9. The zero-order valence-electron chi connectivity index (χ0n) is 28.3. The molecule has 0 saturated heterocycles. The van der Waals surface area contributed by atoms with Crippen molar-refractivity contribution in [2.24, 2.45) is 5.92 Å². The summed E-state index contributed by atoms with van der Waals surface area (Å²) >= 11 is 0. The van der Waals surface area contributed by atoms with Crippen LogP contribution in [0.15, 0.2) is 79.1 Å². The van der Waals surface area contributed by atoms with Crippen LogP contribution in [0, 0.1) is 5.92 Å². The fourth-order valence-corrected chi connectivity index (χ4v) is 5.30. The number of amides is 2. The van der Waals surface area contributed by atoms with E-state index >= 15 is 0 Å². The van der Waals surface area contributed by atoms with E-state index in [9.17, 15) is 22.8 Å². The van der Waals surface area contributed by atoms with Gasteiger partial charge in [-0.15, -0.1) is 0 Å². The van der Waals surface area contributed by atoms with E-state index in [-0.39, 0.29) is 18.2 Å². The highest BCUT2D eigenvalue weighted by Crippen LogP contribution is 2.31. The molecular formula is C37H47F3N2O5. The Labute approximate surface area is 276 Å². The smallest absolute Gasteiger partial charge is 0.416 e. The van der Waals surface area contributed by atoms with Crippen molar-refractivity contribution >= 4 is 23.0 Å². The molecule has 0 aliphatic carbocycles. The van der Waals surface area contributed by atoms with Gasteiger partial charge in [0.05, 0.1) is 17.6 Å². The number of nitrogens with zero attached hydrogens (tertiary/aromatic N) is 1. The molecule has 1 N–H and O–H groups in total. The van der Waals surface area contributed by atoms with E-state index < -0.39 is 47.9 Å². The molecule has 0 fully saturated rings. The number of ether oxygens (including phenoxy) is 3. The highest BCUT2D eigenvalue weighted by Gasteiger charge is 2.31. The molecule has 0 saturated carbocycles. The topological polar surface area (TPSA) is 77.1 Å². The predicted octanol–water partition coefficient (Wildman–Crippen LogP) is 9.81. The molecule has 3 atom stereocenters. The van der Waals surface area contributed by atoms with Crippen molar-refractivity contribution in [1.29, 1.82) is 0 Å². The summed E-state index contributed by atoms with van der Waals surface area (Å²) in [5.74, 6) is 0.394. The van der Waals surface area contributed by atoms with E-state index in [1.54, 1.807) is 38.7 Å². The van der Waals surface area contributed by atoms with Crippen LogP contribution in [0.3, 0.4) is 0 Å². The third kappa shape index (κ3) is 11.5. The van der Waals surface area contributed by atoms with Gasteiger partial charge in [0.1, 0.15) is 11.4 Å². The largest absolute Gasteiger partial charge is 0.458 e. The van der Waals surface area contributed by atoms with Crippen LogP contribution in [0.5, 0.6) is 0 Å². The second-order valence-electron chi connectivity index (χ2n) is 13.1. The molecule has 0 radical (unpaired) electrons. The summed E-state index contributed by atoms with van der Waals surface area (Å²) in [6.07, 6.45) is -5.54. The van der Waals surface area contributed by atoms with Crippen molar-refractivity contribution in [1.82, 2.24) is 10.2 Å². The summed E-state index contributed by atoms with van der Waals surface area (Å²) in [5, 5.41) is 4.78.